The van der Waals surface area contributed by atoms with Crippen molar-refractivity contribution in [2.75, 3.05) is 0 Å². The van der Waals surface area contributed by atoms with E-state index in [0.29, 0.717) is 5.75 Å². The van der Waals surface area contributed by atoms with Gasteiger partial charge in [0, 0.05) is 9.88 Å². The molecule has 1 unspecified atom stereocenters. The number of halogens is 1. The minimum absolute atomic E-state index is 0.536. The fraction of sp³-hybridized carbons (Fsp3) is 0.0526. The average Bonchev–Trinajstić information content (AvgIpc) is 2.55. The number of hydrogen-bond donors (Lipinski definition) is 0. The van der Waals surface area contributed by atoms with E-state index in [-0.39, 0.29) is 0 Å². The van der Waals surface area contributed by atoms with E-state index in [2.05, 4.69) is 34.1 Å². The standard InChI is InChI=1S/C19H15BrOS/c20-18-10-8-15(9-11-18)12-13-22(21)14-17-6-3-5-16-4-1-2-7-19(16)17/h1-13H,14H2. The highest BCUT2D eigenvalue weighted by Gasteiger charge is 2.03. The van der Waals surface area contributed by atoms with Crippen molar-refractivity contribution in [2.45, 2.75) is 5.75 Å². The number of benzene rings is 3. The lowest BCUT2D eigenvalue weighted by Gasteiger charge is -2.04. The molecule has 0 aliphatic heterocycles. The molecular weight excluding hydrogens is 356 g/mol. The highest BCUT2D eigenvalue weighted by Crippen LogP contribution is 2.20. The Kier molecular flexibility index (Phi) is 4.86. The molecule has 0 amide bonds. The molecule has 0 radical (unpaired) electrons. The molecule has 0 bridgehead atoms. The van der Waals surface area contributed by atoms with Gasteiger partial charge in [0.05, 0.1) is 16.6 Å². The van der Waals surface area contributed by atoms with Gasteiger partial charge < -0.3 is 0 Å². The summed E-state index contributed by atoms with van der Waals surface area (Å²) in [6.07, 6.45) is 1.91. The predicted octanol–water partition coefficient (Wildman–Crippen LogP) is 5.52. The Morgan fingerprint density at radius 3 is 2.45 bits per heavy atom. The largest absolute Gasteiger partial charge is 0.255 e. The van der Waals surface area contributed by atoms with Crippen molar-refractivity contribution in [2.24, 2.45) is 0 Å². The second kappa shape index (κ2) is 7.03. The first-order valence-electron chi connectivity index (χ1n) is 7.00. The van der Waals surface area contributed by atoms with Gasteiger partial charge in [0.2, 0.25) is 0 Å². The third-order valence-corrected chi connectivity index (χ3v) is 5.02. The summed E-state index contributed by atoms with van der Waals surface area (Å²) in [4.78, 5) is 0. The minimum atomic E-state index is -1.03. The summed E-state index contributed by atoms with van der Waals surface area (Å²) >= 11 is 3.41. The van der Waals surface area contributed by atoms with Crippen molar-refractivity contribution in [1.82, 2.24) is 0 Å². The highest BCUT2D eigenvalue weighted by atomic mass is 79.9. The second-order valence-electron chi connectivity index (χ2n) is 5.02. The zero-order chi connectivity index (χ0) is 15.4. The van der Waals surface area contributed by atoms with E-state index < -0.39 is 10.8 Å². The molecule has 0 saturated heterocycles. The molecule has 3 aromatic carbocycles. The summed E-state index contributed by atoms with van der Waals surface area (Å²) in [5, 5.41) is 4.13. The van der Waals surface area contributed by atoms with Crippen LogP contribution < -0.4 is 0 Å². The Morgan fingerprint density at radius 2 is 1.64 bits per heavy atom. The number of rotatable bonds is 4. The van der Waals surface area contributed by atoms with Crippen LogP contribution in [0.4, 0.5) is 0 Å². The Morgan fingerprint density at radius 1 is 0.909 bits per heavy atom. The first-order valence-corrected chi connectivity index (χ1v) is 9.17. The van der Waals surface area contributed by atoms with E-state index in [4.69, 9.17) is 0 Å². The van der Waals surface area contributed by atoms with Gasteiger partial charge in [0.25, 0.3) is 0 Å². The smallest absolute Gasteiger partial charge is 0.0532 e. The normalized spacial score (nSPS) is 12.8. The van der Waals surface area contributed by atoms with Gasteiger partial charge in [-0.05, 0) is 40.1 Å². The molecular formula is C19H15BrOS. The Balaban J connectivity index is 1.77. The molecule has 0 N–H and O–H groups in total. The maximum Gasteiger partial charge on any atom is 0.0532 e. The van der Waals surface area contributed by atoms with E-state index in [9.17, 15) is 4.21 Å². The van der Waals surface area contributed by atoms with Gasteiger partial charge in [-0.25, -0.2) is 0 Å². The molecule has 0 aliphatic carbocycles. The van der Waals surface area contributed by atoms with Crippen LogP contribution in [-0.4, -0.2) is 4.21 Å². The Hall–Kier alpha value is -1.71. The van der Waals surface area contributed by atoms with E-state index in [1.807, 2.05) is 54.6 Å². The van der Waals surface area contributed by atoms with E-state index in [1.165, 1.54) is 10.8 Å². The van der Waals surface area contributed by atoms with Crippen molar-refractivity contribution in [3.05, 3.63) is 87.7 Å². The monoisotopic (exact) mass is 370 g/mol. The molecule has 3 rings (SSSR count). The van der Waals surface area contributed by atoms with Crippen molar-refractivity contribution < 1.29 is 4.21 Å². The van der Waals surface area contributed by atoms with E-state index >= 15 is 0 Å². The fourth-order valence-corrected chi connectivity index (χ4v) is 3.58. The third kappa shape index (κ3) is 3.73. The lowest BCUT2D eigenvalue weighted by molar-refractivity contribution is 0.688. The fourth-order valence-electron chi connectivity index (χ4n) is 2.35. The van der Waals surface area contributed by atoms with Crippen LogP contribution in [-0.2, 0) is 16.6 Å². The molecule has 22 heavy (non-hydrogen) atoms. The SMILES string of the molecule is O=S(C=Cc1ccc(Br)cc1)Cc1cccc2ccccc12. The maximum absolute atomic E-state index is 12.3. The van der Waals surface area contributed by atoms with Gasteiger partial charge in [0.1, 0.15) is 0 Å². The predicted molar refractivity (Wildman–Crippen MR) is 99.0 cm³/mol. The maximum atomic E-state index is 12.3. The minimum Gasteiger partial charge on any atom is -0.255 e. The zero-order valence-corrected chi connectivity index (χ0v) is 14.3. The summed E-state index contributed by atoms with van der Waals surface area (Å²) in [5.74, 6) is 0.536. The van der Waals surface area contributed by atoms with Gasteiger partial charge in [-0.2, -0.15) is 0 Å². The van der Waals surface area contributed by atoms with Crippen molar-refractivity contribution in [3.8, 4) is 0 Å². The number of fused-ring (bicyclic) bond motifs is 1. The highest BCUT2D eigenvalue weighted by molar-refractivity contribution is 9.10. The van der Waals surface area contributed by atoms with Crippen LogP contribution in [0.15, 0.2) is 76.6 Å². The molecule has 0 aromatic heterocycles. The lowest BCUT2D eigenvalue weighted by atomic mass is 10.1. The van der Waals surface area contributed by atoms with Crippen LogP contribution in [0.5, 0.6) is 0 Å². The second-order valence-corrected chi connectivity index (χ2v) is 7.26. The molecule has 0 fully saturated rings. The topological polar surface area (TPSA) is 17.1 Å². The molecule has 1 nitrogen and oxygen atoms in total. The average molecular weight is 371 g/mol. The summed E-state index contributed by atoms with van der Waals surface area (Å²) in [5.41, 5.74) is 2.17. The number of hydrogen-bond acceptors (Lipinski definition) is 1. The summed E-state index contributed by atoms with van der Waals surface area (Å²) in [6, 6.07) is 22.3. The van der Waals surface area contributed by atoms with Crippen LogP contribution in [0, 0.1) is 0 Å². The summed E-state index contributed by atoms with van der Waals surface area (Å²) in [6.45, 7) is 0. The quantitative estimate of drug-likeness (QED) is 0.590. The molecule has 1 atom stereocenters. The van der Waals surface area contributed by atoms with E-state index in [1.54, 1.807) is 5.41 Å². The van der Waals surface area contributed by atoms with Crippen LogP contribution in [0.25, 0.3) is 16.8 Å². The lowest BCUT2D eigenvalue weighted by Crippen LogP contribution is -1.92. The van der Waals surface area contributed by atoms with Gasteiger partial charge in [0.15, 0.2) is 0 Å². The summed E-state index contributed by atoms with van der Waals surface area (Å²) < 4.78 is 13.4. The Labute approximate surface area is 141 Å². The Bertz CT molecular complexity index is 832. The molecule has 0 heterocycles. The third-order valence-electron chi connectivity index (χ3n) is 3.46. The van der Waals surface area contributed by atoms with E-state index in [0.717, 1.165) is 15.6 Å². The van der Waals surface area contributed by atoms with Crippen molar-refractivity contribution in [1.29, 1.82) is 0 Å². The molecule has 0 saturated carbocycles. The van der Waals surface area contributed by atoms with Crippen LogP contribution >= 0.6 is 15.9 Å². The molecule has 110 valence electrons. The summed E-state index contributed by atoms with van der Waals surface area (Å²) in [7, 11) is -1.03. The van der Waals surface area contributed by atoms with Crippen molar-refractivity contribution in [3.63, 3.8) is 0 Å². The first-order chi connectivity index (χ1) is 10.7. The molecule has 3 aromatic rings. The first kappa shape index (κ1) is 15.2. The van der Waals surface area contributed by atoms with Crippen molar-refractivity contribution >= 4 is 43.6 Å². The van der Waals surface area contributed by atoms with Crippen LogP contribution in [0.1, 0.15) is 11.1 Å². The van der Waals surface area contributed by atoms with Gasteiger partial charge >= 0.3 is 0 Å². The van der Waals surface area contributed by atoms with Gasteiger partial charge in [-0.3, -0.25) is 4.21 Å². The molecule has 3 heteroatoms. The zero-order valence-electron chi connectivity index (χ0n) is 11.9. The van der Waals surface area contributed by atoms with Gasteiger partial charge in [-0.1, -0.05) is 70.5 Å². The van der Waals surface area contributed by atoms with Crippen LogP contribution in [0.3, 0.4) is 0 Å². The van der Waals surface area contributed by atoms with Gasteiger partial charge in [-0.15, -0.1) is 0 Å². The molecule has 0 aliphatic rings. The molecule has 0 spiro atoms. The van der Waals surface area contributed by atoms with Crippen LogP contribution in [0.2, 0.25) is 0 Å².